The van der Waals surface area contributed by atoms with Crippen molar-refractivity contribution >= 4 is 18.0 Å². The quantitative estimate of drug-likeness (QED) is 0.593. The Hall–Kier alpha value is -1.54. The molecule has 17 heavy (non-hydrogen) atoms. The molecular weight excluding hydrogens is 228 g/mol. The van der Waals surface area contributed by atoms with Gasteiger partial charge in [0.15, 0.2) is 0 Å². The van der Waals surface area contributed by atoms with Gasteiger partial charge in [0, 0.05) is 10.5 Å². The molecule has 0 bridgehead atoms. The standard InChI is InChI=1S/C15H14OS/c1-11-9-13(3-4-14(11)10-16)12-5-7-15(17-2)8-6-12/h3-10H,1-2H3. The van der Waals surface area contributed by atoms with E-state index in [2.05, 4.69) is 36.6 Å². The summed E-state index contributed by atoms with van der Waals surface area (Å²) >= 11 is 1.74. The monoisotopic (exact) mass is 242 g/mol. The largest absolute Gasteiger partial charge is 0.298 e. The summed E-state index contributed by atoms with van der Waals surface area (Å²) in [6, 6.07) is 14.4. The number of hydrogen-bond donors (Lipinski definition) is 0. The van der Waals surface area contributed by atoms with Crippen molar-refractivity contribution in [1.29, 1.82) is 0 Å². The third-order valence-corrected chi connectivity index (χ3v) is 3.56. The Morgan fingerprint density at radius 1 is 1.00 bits per heavy atom. The van der Waals surface area contributed by atoms with E-state index in [-0.39, 0.29) is 0 Å². The minimum absolute atomic E-state index is 0.759. The fourth-order valence-corrected chi connectivity index (χ4v) is 2.18. The van der Waals surface area contributed by atoms with Crippen molar-refractivity contribution in [3.63, 3.8) is 0 Å². The maximum Gasteiger partial charge on any atom is 0.150 e. The molecule has 0 saturated carbocycles. The van der Waals surface area contributed by atoms with Crippen LogP contribution in [0.3, 0.4) is 0 Å². The highest BCUT2D eigenvalue weighted by atomic mass is 32.2. The fourth-order valence-electron chi connectivity index (χ4n) is 1.77. The first kappa shape index (κ1) is 11.9. The molecule has 2 aromatic rings. The molecule has 0 spiro atoms. The number of aldehydes is 1. The van der Waals surface area contributed by atoms with Gasteiger partial charge in [0.25, 0.3) is 0 Å². The van der Waals surface area contributed by atoms with Gasteiger partial charge in [-0.2, -0.15) is 0 Å². The maximum absolute atomic E-state index is 10.8. The molecule has 2 rings (SSSR count). The molecular formula is C15H14OS. The lowest BCUT2D eigenvalue weighted by molar-refractivity contribution is 0.112. The van der Waals surface area contributed by atoms with E-state index in [0.717, 1.165) is 23.0 Å². The van der Waals surface area contributed by atoms with Gasteiger partial charge in [0.1, 0.15) is 6.29 Å². The number of rotatable bonds is 3. The number of benzene rings is 2. The van der Waals surface area contributed by atoms with E-state index in [1.807, 2.05) is 19.1 Å². The normalized spacial score (nSPS) is 10.2. The van der Waals surface area contributed by atoms with Gasteiger partial charge in [0.2, 0.25) is 0 Å². The summed E-state index contributed by atoms with van der Waals surface area (Å²) in [4.78, 5) is 12.0. The molecule has 0 atom stereocenters. The van der Waals surface area contributed by atoms with Gasteiger partial charge in [-0.25, -0.2) is 0 Å². The Bertz CT molecular complexity index is 529. The zero-order valence-electron chi connectivity index (χ0n) is 9.94. The summed E-state index contributed by atoms with van der Waals surface area (Å²) in [5.41, 5.74) is 4.12. The topological polar surface area (TPSA) is 17.1 Å². The van der Waals surface area contributed by atoms with Crippen molar-refractivity contribution in [2.24, 2.45) is 0 Å². The Morgan fingerprint density at radius 2 is 1.65 bits per heavy atom. The van der Waals surface area contributed by atoms with Crippen LogP contribution < -0.4 is 0 Å². The molecule has 0 fully saturated rings. The zero-order chi connectivity index (χ0) is 12.3. The summed E-state index contributed by atoms with van der Waals surface area (Å²) in [5.74, 6) is 0. The lowest BCUT2D eigenvalue weighted by Gasteiger charge is -2.05. The lowest BCUT2D eigenvalue weighted by Crippen LogP contribution is -1.87. The fraction of sp³-hybridized carbons (Fsp3) is 0.133. The summed E-state index contributed by atoms with van der Waals surface area (Å²) < 4.78 is 0. The van der Waals surface area contributed by atoms with Crippen molar-refractivity contribution in [3.8, 4) is 11.1 Å². The number of aryl methyl sites for hydroxylation is 1. The number of hydrogen-bond acceptors (Lipinski definition) is 2. The summed E-state index contributed by atoms with van der Waals surface area (Å²) in [6.07, 6.45) is 2.97. The highest BCUT2D eigenvalue weighted by molar-refractivity contribution is 7.98. The van der Waals surface area contributed by atoms with E-state index in [4.69, 9.17) is 0 Å². The van der Waals surface area contributed by atoms with E-state index >= 15 is 0 Å². The first-order valence-electron chi connectivity index (χ1n) is 5.45. The zero-order valence-corrected chi connectivity index (χ0v) is 10.8. The van der Waals surface area contributed by atoms with Crippen molar-refractivity contribution in [1.82, 2.24) is 0 Å². The highest BCUT2D eigenvalue weighted by Gasteiger charge is 2.01. The molecule has 0 radical (unpaired) electrons. The lowest BCUT2D eigenvalue weighted by atomic mass is 10.0. The molecule has 0 aliphatic heterocycles. The average molecular weight is 242 g/mol. The van der Waals surface area contributed by atoms with Crippen LogP contribution in [0.2, 0.25) is 0 Å². The van der Waals surface area contributed by atoms with Crippen molar-refractivity contribution in [2.75, 3.05) is 6.26 Å². The predicted octanol–water partition coefficient (Wildman–Crippen LogP) is 4.20. The molecule has 0 aromatic heterocycles. The van der Waals surface area contributed by atoms with E-state index in [9.17, 15) is 4.79 Å². The smallest absolute Gasteiger partial charge is 0.150 e. The Morgan fingerprint density at radius 3 is 2.18 bits per heavy atom. The van der Waals surface area contributed by atoms with E-state index in [1.165, 1.54) is 10.5 Å². The Labute approximate surface area is 106 Å². The molecule has 86 valence electrons. The van der Waals surface area contributed by atoms with Gasteiger partial charge in [-0.3, -0.25) is 4.79 Å². The Kier molecular flexibility index (Phi) is 3.64. The molecule has 0 amide bonds. The molecule has 2 heteroatoms. The summed E-state index contributed by atoms with van der Waals surface area (Å²) in [5, 5.41) is 0. The van der Waals surface area contributed by atoms with Crippen molar-refractivity contribution in [3.05, 3.63) is 53.6 Å². The second kappa shape index (κ2) is 5.19. The Balaban J connectivity index is 2.38. The maximum atomic E-state index is 10.8. The van der Waals surface area contributed by atoms with Crippen molar-refractivity contribution < 1.29 is 4.79 Å². The van der Waals surface area contributed by atoms with Crippen LogP contribution >= 0.6 is 11.8 Å². The van der Waals surface area contributed by atoms with Crippen LogP contribution in [0.15, 0.2) is 47.4 Å². The molecule has 0 saturated heterocycles. The molecule has 0 aliphatic carbocycles. The number of carbonyl (C=O) groups excluding carboxylic acids is 1. The van der Waals surface area contributed by atoms with Gasteiger partial charge in [-0.15, -0.1) is 11.8 Å². The second-order valence-corrected chi connectivity index (χ2v) is 4.80. The average Bonchev–Trinajstić information content (AvgIpc) is 2.39. The first-order chi connectivity index (χ1) is 8.24. The van der Waals surface area contributed by atoms with Crippen LogP contribution in [0.25, 0.3) is 11.1 Å². The molecule has 0 unspecified atom stereocenters. The minimum atomic E-state index is 0.759. The SMILES string of the molecule is CSc1ccc(-c2ccc(C=O)c(C)c2)cc1. The van der Waals surface area contributed by atoms with Gasteiger partial charge >= 0.3 is 0 Å². The van der Waals surface area contributed by atoms with Crippen LogP contribution in [0, 0.1) is 6.92 Å². The molecule has 0 N–H and O–H groups in total. The van der Waals surface area contributed by atoms with Crippen molar-refractivity contribution in [2.45, 2.75) is 11.8 Å². The molecule has 0 heterocycles. The first-order valence-corrected chi connectivity index (χ1v) is 6.67. The third-order valence-electron chi connectivity index (χ3n) is 2.82. The molecule has 2 aromatic carbocycles. The highest BCUT2D eigenvalue weighted by Crippen LogP contribution is 2.24. The number of carbonyl (C=O) groups is 1. The van der Waals surface area contributed by atoms with E-state index in [1.54, 1.807) is 11.8 Å². The van der Waals surface area contributed by atoms with Gasteiger partial charge in [-0.05, 0) is 42.0 Å². The summed E-state index contributed by atoms with van der Waals surface area (Å²) in [6.45, 7) is 1.96. The third kappa shape index (κ3) is 2.59. The van der Waals surface area contributed by atoms with Crippen LogP contribution in [0.4, 0.5) is 0 Å². The number of thioether (sulfide) groups is 1. The minimum Gasteiger partial charge on any atom is -0.298 e. The van der Waals surface area contributed by atoms with Crippen LogP contribution in [0.5, 0.6) is 0 Å². The molecule has 1 nitrogen and oxygen atoms in total. The van der Waals surface area contributed by atoms with Crippen LogP contribution in [0.1, 0.15) is 15.9 Å². The van der Waals surface area contributed by atoms with E-state index < -0.39 is 0 Å². The molecule has 0 aliphatic rings. The summed E-state index contributed by atoms with van der Waals surface area (Å²) in [7, 11) is 0. The second-order valence-electron chi connectivity index (χ2n) is 3.92. The van der Waals surface area contributed by atoms with E-state index in [0.29, 0.717) is 0 Å². The van der Waals surface area contributed by atoms with Gasteiger partial charge in [0.05, 0.1) is 0 Å². The van der Waals surface area contributed by atoms with Crippen LogP contribution in [-0.4, -0.2) is 12.5 Å². The predicted molar refractivity (Wildman–Crippen MR) is 73.8 cm³/mol. The van der Waals surface area contributed by atoms with Gasteiger partial charge < -0.3 is 0 Å². The van der Waals surface area contributed by atoms with Crippen LogP contribution in [-0.2, 0) is 0 Å². The van der Waals surface area contributed by atoms with Gasteiger partial charge in [-0.1, -0.05) is 30.3 Å².